The molecule has 7 unspecified atom stereocenters. The molecule has 0 aromatic rings. The second-order valence-electron chi connectivity index (χ2n) is 12.8. The van der Waals surface area contributed by atoms with Crippen LogP contribution in [0, 0.1) is 34.5 Å². The molecule has 200 valence electrons. The zero-order valence-electron chi connectivity index (χ0n) is 22.2. The average Bonchev–Trinajstić information content (AvgIpc) is 3.11. The van der Waals surface area contributed by atoms with Gasteiger partial charge in [-0.15, -0.1) is 0 Å². The summed E-state index contributed by atoms with van der Waals surface area (Å²) >= 11 is 0. The number of esters is 1. The summed E-state index contributed by atoms with van der Waals surface area (Å²) in [6.07, 6.45) is 14.4. The van der Waals surface area contributed by atoms with Crippen LogP contribution in [0.1, 0.15) is 124 Å². The standard InChI is InChI=1S/C30H47F3O2/c1-4-5-6-7-8-9-10-21-12-14-25-24-13-11-22-19-23(35-27(34)20-30(31,32)33)15-17-29(22,3)26(24)16-18-28(21,25)2/h11,21,23-26H,4-10,12-20H2,1-3H3. The lowest BCUT2D eigenvalue weighted by Gasteiger charge is -2.58. The van der Waals surface area contributed by atoms with E-state index in [0.29, 0.717) is 24.2 Å². The maximum absolute atomic E-state index is 12.6. The molecule has 0 aromatic heterocycles. The van der Waals surface area contributed by atoms with Crippen LogP contribution in [0.25, 0.3) is 0 Å². The highest BCUT2D eigenvalue weighted by atomic mass is 19.4. The lowest BCUT2D eigenvalue weighted by molar-refractivity contribution is -0.176. The van der Waals surface area contributed by atoms with Crippen molar-refractivity contribution in [2.75, 3.05) is 0 Å². The average molecular weight is 497 g/mol. The molecule has 0 radical (unpaired) electrons. The third kappa shape index (κ3) is 5.79. The largest absolute Gasteiger partial charge is 0.462 e. The highest BCUT2D eigenvalue weighted by Gasteiger charge is 2.58. The van der Waals surface area contributed by atoms with E-state index < -0.39 is 24.7 Å². The molecular weight excluding hydrogens is 449 g/mol. The van der Waals surface area contributed by atoms with Gasteiger partial charge in [0.2, 0.25) is 0 Å². The molecule has 0 spiro atoms. The minimum atomic E-state index is -4.50. The summed E-state index contributed by atoms with van der Waals surface area (Å²) in [6, 6.07) is 0. The van der Waals surface area contributed by atoms with E-state index in [0.717, 1.165) is 30.6 Å². The third-order valence-corrected chi connectivity index (χ3v) is 10.8. The number of ether oxygens (including phenoxy) is 1. The predicted octanol–water partition coefficient (Wildman–Crippen LogP) is 9.18. The van der Waals surface area contributed by atoms with Crippen molar-refractivity contribution in [2.45, 2.75) is 136 Å². The van der Waals surface area contributed by atoms with Gasteiger partial charge in [-0.1, -0.05) is 70.9 Å². The monoisotopic (exact) mass is 496 g/mol. The third-order valence-electron chi connectivity index (χ3n) is 10.8. The van der Waals surface area contributed by atoms with E-state index >= 15 is 0 Å². The normalized spacial score (nSPS) is 38.8. The summed E-state index contributed by atoms with van der Waals surface area (Å²) < 4.78 is 42.9. The Morgan fingerprint density at radius 1 is 1.00 bits per heavy atom. The first-order valence-corrected chi connectivity index (χ1v) is 14.5. The molecule has 0 heterocycles. The Morgan fingerprint density at radius 2 is 1.74 bits per heavy atom. The summed E-state index contributed by atoms with van der Waals surface area (Å²) in [5.74, 6) is 1.96. The van der Waals surface area contributed by atoms with Crippen molar-refractivity contribution in [2.24, 2.45) is 34.5 Å². The number of carbonyl (C=O) groups is 1. The zero-order chi connectivity index (χ0) is 25.3. The highest BCUT2D eigenvalue weighted by molar-refractivity contribution is 5.70. The Kier molecular flexibility index (Phi) is 8.33. The Morgan fingerprint density at radius 3 is 2.49 bits per heavy atom. The quantitative estimate of drug-likeness (QED) is 0.181. The van der Waals surface area contributed by atoms with Crippen LogP contribution in [0.4, 0.5) is 13.2 Å². The number of fused-ring (bicyclic) bond motifs is 5. The van der Waals surface area contributed by atoms with Crippen LogP contribution in [0.5, 0.6) is 0 Å². The number of hydrogen-bond acceptors (Lipinski definition) is 2. The van der Waals surface area contributed by atoms with Gasteiger partial charge in [0.1, 0.15) is 12.5 Å². The van der Waals surface area contributed by atoms with Crippen LogP contribution < -0.4 is 0 Å². The van der Waals surface area contributed by atoms with E-state index in [1.165, 1.54) is 76.2 Å². The topological polar surface area (TPSA) is 26.3 Å². The molecule has 4 rings (SSSR count). The summed E-state index contributed by atoms with van der Waals surface area (Å²) in [5.41, 5.74) is 1.95. The number of unbranched alkanes of at least 4 members (excludes halogenated alkanes) is 5. The van der Waals surface area contributed by atoms with Gasteiger partial charge in [-0.3, -0.25) is 4.79 Å². The molecule has 35 heavy (non-hydrogen) atoms. The fraction of sp³-hybridized carbons (Fsp3) is 0.900. The molecule has 7 atom stereocenters. The number of alkyl halides is 3. The number of halogens is 3. The van der Waals surface area contributed by atoms with Crippen LogP contribution in [0.3, 0.4) is 0 Å². The van der Waals surface area contributed by atoms with E-state index in [1.807, 2.05) is 0 Å². The van der Waals surface area contributed by atoms with Crippen molar-refractivity contribution < 1.29 is 22.7 Å². The molecule has 0 aliphatic heterocycles. The second-order valence-corrected chi connectivity index (χ2v) is 12.8. The van der Waals surface area contributed by atoms with Gasteiger partial charge < -0.3 is 4.74 Å². The van der Waals surface area contributed by atoms with Crippen LogP contribution in [0.2, 0.25) is 0 Å². The fourth-order valence-corrected chi connectivity index (χ4v) is 8.87. The summed E-state index contributed by atoms with van der Waals surface area (Å²) in [7, 11) is 0. The minimum Gasteiger partial charge on any atom is -0.462 e. The maximum atomic E-state index is 12.6. The minimum absolute atomic E-state index is 0.120. The van der Waals surface area contributed by atoms with Gasteiger partial charge in [-0.05, 0) is 85.9 Å². The number of rotatable bonds is 9. The molecule has 5 heteroatoms. The molecule has 0 aromatic carbocycles. The second kappa shape index (κ2) is 10.8. The van der Waals surface area contributed by atoms with Gasteiger partial charge in [0.25, 0.3) is 0 Å². The van der Waals surface area contributed by atoms with Crippen LogP contribution in [-0.4, -0.2) is 18.2 Å². The Bertz CT molecular complexity index is 774. The van der Waals surface area contributed by atoms with Gasteiger partial charge in [0, 0.05) is 6.42 Å². The molecule has 4 aliphatic carbocycles. The first-order valence-electron chi connectivity index (χ1n) is 14.5. The van der Waals surface area contributed by atoms with Crippen molar-refractivity contribution >= 4 is 5.97 Å². The first-order chi connectivity index (χ1) is 16.6. The molecule has 0 bridgehead atoms. The summed E-state index contributed by atoms with van der Waals surface area (Å²) in [6.45, 7) is 7.27. The smallest absolute Gasteiger partial charge is 0.399 e. The van der Waals surface area contributed by atoms with Gasteiger partial charge in [-0.2, -0.15) is 13.2 Å². The number of hydrogen-bond donors (Lipinski definition) is 0. The van der Waals surface area contributed by atoms with Crippen molar-refractivity contribution in [1.82, 2.24) is 0 Å². The van der Waals surface area contributed by atoms with Crippen LogP contribution >= 0.6 is 0 Å². The van der Waals surface area contributed by atoms with Gasteiger partial charge in [0.15, 0.2) is 0 Å². The Hall–Kier alpha value is -1.00. The SMILES string of the molecule is CCCCCCCCC1CCC2C3CC=C4CC(OC(=O)CC(F)(F)F)CCC4(C)C3CCC12C. The predicted molar refractivity (Wildman–Crippen MR) is 134 cm³/mol. The Balaban J connectivity index is 1.36. The van der Waals surface area contributed by atoms with Crippen molar-refractivity contribution in [1.29, 1.82) is 0 Å². The molecule has 0 amide bonds. The van der Waals surface area contributed by atoms with Gasteiger partial charge >= 0.3 is 12.1 Å². The number of carbonyl (C=O) groups excluding carboxylic acids is 1. The van der Waals surface area contributed by atoms with E-state index in [9.17, 15) is 18.0 Å². The van der Waals surface area contributed by atoms with E-state index in [2.05, 4.69) is 26.8 Å². The van der Waals surface area contributed by atoms with E-state index in [-0.39, 0.29) is 5.41 Å². The highest BCUT2D eigenvalue weighted by Crippen LogP contribution is 2.66. The van der Waals surface area contributed by atoms with Crippen molar-refractivity contribution in [3.8, 4) is 0 Å². The molecule has 3 fully saturated rings. The maximum Gasteiger partial charge on any atom is 0.399 e. The lowest BCUT2D eigenvalue weighted by atomic mass is 9.47. The summed E-state index contributed by atoms with van der Waals surface area (Å²) in [4.78, 5) is 11.8. The molecule has 0 saturated heterocycles. The molecule has 3 saturated carbocycles. The van der Waals surface area contributed by atoms with Gasteiger partial charge in [0.05, 0.1) is 0 Å². The van der Waals surface area contributed by atoms with Crippen molar-refractivity contribution in [3.05, 3.63) is 11.6 Å². The first kappa shape index (κ1) is 27.0. The Labute approximate surface area is 210 Å². The van der Waals surface area contributed by atoms with E-state index in [1.54, 1.807) is 0 Å². The van der Waals surface area contributed by atoms with Crippen LogP contribution in [-0.2, 0) is 9.53 Å². The lowest BCUT2D eigenvalue weighted by Crippen LogP contribution is -2.50. The van der Waals surface area contributed by atoms with E-state index in [4.69, 9.17) is 4.74 Å². The molecule has 0 N–H and O–H groups in total. The van der Waals surface area contributed by atoms with Crippen molar-refractivity contribution in [3.63, 3.8) is 0 Å². The molecular formula is C30H47F3O2. The zero-order valence-corrected chi connectivity index (χ0v) is 22.2. The van der Waals surface area contributed by atoms with Gasteiger partial charge in [-0.25, -0.2) is 0 Å². The molecule has 2 nitrogen and oxygen atoms in total. The molecule has 4 aliphatic rings. The number of allylic oxidation sites excluding steroid dienone is 1. The fourth-order valence-electron chi connectivity index (χ4n) is 8.87. The summed E-state index contributed by atoms with van der Waals surface area (Å²) in [5, 5.41) is 0. The van der Waals surface area contributed by atoms with Crippen LogP contribution in [0.15, 0.2) is 11.6 Å².